The molecular formula is C36H29F4N3S2. The lowest BCUT2D eigenvalue weighted by Gasteiger charge is -1.94. The minimum atomic E-state index is -1.06. The summed E-state index contributed by atoms with van der Waals surface area (Å²) in [5.41, 5.74) is 7.50. The molecule has 0 aliphatic carbocycles. The van der Waals surface area contributed by atoms with Gasteiger partial charge in [0.1, 0.15) is 0 Å². The average Bonchev–Trinajstić information content (AvgIpc) is 3.69. The SMILES string of the molecule is C=C/C=C\C=C/C.Cc1ccccc1.N=c1c2cc3c(cc2c2sc(F)c(F)c12)c(=N)c1c(F)c(F)sc13.Nc1ccccc1. The highest BCUT2D eigenvalue weighted by atomic mass is 32.1. The van der Waals surface area contributed by atoms with Gasteiger partial charge in [0.15, 0.2) is 11.6 Å². The lowest BCUT2D eigenvalue weighted by Crippen LogP contribution is -1.98. The molecule has 4 N–H and O–H groups in total. The van der Waals surface area contributed by atoms with Gasteiger partial charge in [-0.1, -0.05) is 91.1 Å². The first-order valence-electron chi connectivity index (χ1n) is 13.7. The van der Waals surface area contributed by atoms with Gasteiger partial charge in [-0.3, -0.25) is 10.8 Å². The van der Waals surface area contributed by atoms with E-state index in [1.54, 1.807) is 6.08 Å². The topological polar surface area (TPSA) is 73.7 Å². The first kappa shape index (κ1) is 33.0. The van der Waals surface area contributed by atoms with E-state index in [2.05, 4.69) is 25.6 Å². The van der Waals surface area contributed by atoms with Crippen molar-refractivity contribution >= 4 is 70.1 Å². The van der Waals surface area contributed by atoms with Crippen LogP contribution in [0.25, 0.3) is 41.7 Å². The molecule has 0 aliphatic rings. The van der Waals surface area contributed by atoms with E-state index in [9.17, 15) is 17.6 Å². The number of hydrogen-bond donors (Lipinski definition) is 3. The maximum atomic E-state index is 13.9. The number of thiophene rings is 2. The highest BCUT2D eigenvalue weighted by molar-refractivity contribution is 7.19. The van der Waals surface area contributed by atoms with Crippen LogP contribution >= 0.6 is 22.7 Å². The molecule has 5 aromatic carbocycles. The Morgan fingerprint density at radius 3 is 1.44 bits per heavy atom. The summed E-state index contributed by atoms with van der Waals surface area (Å²) in [4.78, 5) is 0. The second-order valence-corrected chi connectivity index (χ2v) is 11.6. The molecule has 228 valence electrons. The lowest BCUT2D eigenvalue weighted by molar-refractivity contribution is 0.537. The van der Waals surface area contributed by atoms with E-state index in [1.807, 2.05) is 79.8 Å². The Hall–Kier alpha value is -4.86. The van der Waals surface area contributed by atoms with Crippen LogP contribution in [0.1, 0.15) is 12.5 Å². The van der Waals surface area contributed by atoms with Gasteiger partial charge in [-0.25, -0.2) is 8.78 Å². The number of para-hydroxylation sites is 1. The predicted octanol–water partition coefficient (Wildman–Crippen LogP) is 10.4. The van der Waals surface area contributed by atoms with Crippen LogP contribution in [0.15, 0.2) is 110 Å². The fourth-order valence-electron chi connectivity index (χ4n) is 4.49. The van der Waals surface area contributed by atoms with Crippen LogP contribution < -0.4 is 16.4 Å². The molecule has 0 aliphatic heterocycles. The van der Waals surface area contributed by atoms with Crippen molar-refractivity contribution in [1.29, 1.82) is 10.8 Å². The third-order valence-corrected chi connectivity index (χ3v) is 8.57. The highest BCUT2D eigenvalue weighted by Crippen LogP contribution is 2.39. The summed E-state index contributed by atoms with van der Waals surface area (Å²) in [6.07, 6.45) is 9.51. The Bertz CT molecular complexity index is 2090. The summed E-state index contributed by atoms with van der Waals surface area (Å²) in [6, 6.07) is 22.8. The molecule has 2 heterocycles. The van der Waals surface area contributed by atoms with Gasteiger partial charge in [0, 0.05) is 27.2 Å². The van der Waals surface area contributed by atoms with Gasteiger partial charge in [0.05, 0.1) is 30.9 Å². The first-order chi connectivity index (χ1) is 21.6. The number of aryl methyl sites for hydroxylation is 1. The van der Waals surface area contributed by atoms with Crippen LogP contribution in [0.3, 0.4) is 0 Å². The molecule has 0 spiro atoms. The van der Waals surface area contributed by atoms with E-state index in [0.29, 0.717) is 53.6 Å². The van der Waals surface area contributed by atoms with Gasteiger partial charge in [-0.05, 0) is 38.1 Å². The third kappa shape index (κ3) is 7.11. The maximum absolute atomic E-state index is 13.9. The van der Waals surface area contributed by atoms with Crippen LogP contribution in [0.2, 0.25) is 0 Å². The van der Waals surface area contributed by atoms with Crippen molar-refractivity contribution in [3.8, 4) is 0 Å². The van der Waals surface area contributed by atoms with Gasteiger partial charge < -0.3 is 5.73 Å². The Morgan fingerprint density at radius 1 is 0.667 bits per heavy atom. The van der Waals surface area contributed by atoms with E-state index in [0.717, 1.165) is 5.69 Å². The normalized spacial score (nSPS) is 11.1. The molecule has 0 amide bonds. The van der Waals surface area contributed by atoms with E-state index < -0.39 is 21.9 Å². The number of nitrogens with one attached hydrogen (secondary N) is 2. The van der Waals surface area contributed by atoms with E-state index in [-0.39, 0.29) is 21.5 Å². The summed E-state index contributed by atoms with van der Waals surface area (Å²) in [6.45, 7) is 7.57. The van der Waals surface area contributed by atoms with Crippen LogP contribution in [0, 0.1) is 39.6 Å². The van der Waals surface area contributed by atoms with Crippen LogP contribution in [-0.4, -0.2) is 0 Å². The van der Waals surface area contributed by atoms with Crippen molar-refractivity contribution in [2.75, 3.05) is 5.73 Å². The predicted molar refractivity (Wildman–Crippen MR) is 182 cm³/mol. The van der Waals surface area contributed by atoms with Gasteiger partial charge >= 0.3 is 0 Å². The number of rotatable bonds is 2. The van der Waals surface area contributed by atoms with E-state index >= 15 is 0 Å². The monoisotopic (exact) mass is 643 g/mol. The van der Waals surface area contributed by atoms with Crippen LogP contribution in [0.4, 0.5) is 23.2 Å². The zero-order valence-electron chi connectivity index (χ0n) is 24.4. The molecule has 2 aromatic heterocycles. The second kappa shape index (κ2) is 14.7. The molecule has 7 aromatic rings. The molecule has 0 radical (unpaired) electrons. The van der Waals surface area contributed by atoms with Gasteiger partial charge in [-0.2, -0.15) is 8.78 Å². The molecule has 0 unspecified atom stereocenters. The number of fused-ring (bicyclic) bond motifs is 6. The fraction of sp³-hybridized carbons (Fsp3) is 0.0556. The molecule has 0 atom stereocenters. The third-order valence-electron chi connectivity index (χ3n) is 6.60. The number of nitrogen functional groups attached to an aromatic ring is 1. The van der Waals surface area contributed by atoms with Crippen molar-refractivity contribution in [3.05, 3.63) is 148 Å². The molecule has 45 heavy (non-hydrogen) atoms. The summed E-state index contributed by atoms with van der Waals surface area (Å²) in [5, 5.41) is 15.4. The molecule has 7 rings (SSSR count). The maximum Gasteiger partial charge on any atom is 0.213 e. The van der Waals surface area contributed by atoms with Gasteiger partial charge in [-0.15, -0.1) is 22.7 Å². The van der Waals surface area contributed by atoms with Crippen molar-refractivity contribution in [3.63, 3.8) is 0 Å². The second-order valence-electron chi connectivity index (χ2n) is 9.69. The zero-order chi connectivity index (χ0) is 32.7. The number of halogens is 4. The average molecular weight is 644 g/mol. The number of allylic oxidation sites excluding steroid dienone is 5. The Balaban J connectivity index is 0.000000179. The summed E-state index contributed by atoms with van der Waals surface area (Å²) in [7, 11) is 0. The van der Waals surface area contributed by atoms with Crippen LogP contribution in [0.5, 0.6) is 0 Å². The van der Waals surface area contributed by atoms with Gasteiger partial charge in [0.25, 0.3) is 0 Å². The Kier molecular flexibility index (Phi) is 10.8. The zero-order valence-corrected chi connectivity index (χ0v) is 26.1. The molecular weight excluding hydrogens is 615 g/mol. The van der Waals surface area contributed by atoms with E-state index in [4.69, 9.17) is 16.6 Å². The molecule has 0 saturated heterocycles. The number of anilines is 1. The standard InChI is InChI=1S/C16H4F4N2S2.C7H8.C7H10.C6H7N/c17-9-7-11(21)3-1-5-4(2-6(3)14(7)24-16(9)20)12(22)8-10(18)15(19)23-13(5)8;1-7-5-3-2-4-6-7;1-3-5-7-6-4-2;7-6-4-2-1-3-5-6/h1-2,21-22H;2-6H,1H3;3-7H,1H2,2H3;1-5H,7H2/b;;6-4-,7-5-;. The minimum Gasteiger partial charge on any atom is -0.399 e. The van der Waals surface area contributed by atoms with Crippen molar-refractivity contribution < 1.29 is 17.6 Å². The van der Waals surface area contributed by atoms with E-state index in [1.165, 1.54) is 17.7 Å². The number of nitrogens with two attached hydrogens (primary N) is 1. The Morgan fingerprint density at radius 2 is 1.11 bits per heavy atom. The highest BCUT2D eigenvalue weighted by Gasteiger charge is 2.23. The molecule has 0 fully saturated rings. The fourth-order valence-corrected chi connectivity index (χ4v) is 6.38. The number of hydrogen-bond acceptors (Lipinski definition) is 5. The number of benzene rings is 3. The molecule has 3 nitrogen and oxygen atoms in total. The smallest absolute Gasteiger partial charge is 0.213 e. The molecule has 0 bridgehead atoms. The quantitative estimate of drug-likeness (QED) is 0.0979. The molecule has 0 saturated carbocycles. The molecule has 9 heteroatoms. The minimum absolute atomic E-state index is 0.0912. The largest absolute Gasteiger partial charge is 0.399 e. The van der Waals surface area contributed by atoms with Crippen LogP contribution in [-0.2, 0) is 0 Å². The van der Waals surface area contributed by atoms with Crippen molar-refractivity contribution in [2.45, 2.75) is 13.8 Å². The summed E-state index contributed by atoms with van der Waals surface area (Å²) < 4.78 is 55.4. The first-order valence-corrected chi connectivity index (χ1v) is 15.3. The Labute approximate surface area is 265 Å². The summed E-state index contributed by atoms with van der Waals surface area (Å²) in [5.74, 6) is -2.11. The lowest BCUT2D eigenvalue weighted by atomic mass is 10.1. The van der Waals surface area contributed by atoms with Crippen molar-refractivity contribution in [1.82, 2.24) is 0 Å². The van der Waals surface area contributed by atoms with Crippen molar-refractivity contribution in [2.24, 2.45) is 0 Å². The van der Waals surface area contributed by atoms with Gasteiger partial charge in [0.2, 0.25) is 10.3 Å². The summed E-state index contributed by atoms with van der Waals surface area (Å²) >= 11 is 1.21.